The number of hydrogen-bond donors (Lipinski definition) is 5. The first-order chi connectivity index (χ1) is 15.5. The number of Topliss-reactive ketones (excluding diaryl/α,β-unsaturated/α-hetero) is 2. The van der Waals surface area contributed by atoms with E-state index in [1.54, 1.807) is 0 Å². The summed E-state index contributed by atoms with van der Waals surface area (Å²) < 4.78 is 0. The van der Waals surface area contributed by atoms with Crippen molar-refractivity contribution in [3.05, 3.63) is 0 Å². The molecular weight excluding hydrogens is 402 g/mol. The Balaban J connectivity index is 4.04. The quantitative estimate of drug-likeness (QED) is 0.105. The molecule has 0 rings (SSSR count). The lowest BCUT2D eigenvalue weighted by Gasteiger charge is -2.27. The number of rotatable bonds is 25. The van der Waals surface area contributed by atoms with E-state index in [0.717, 1.165) is 64.6 Å². The second kappa shape index (κ2) is 22.0. The second-order valence-corrected chi connectivity index (χ2v) is 9.13. The van der Waals surface area contributed by atoms with Gasteiger partial charge < -0.3 is 28.3 Å². The Kier molecular flexibility index (Phi) is 21.4. The smallest absolute Gasteiger partial charge is 0.160 e. The highest BCUT2D eigenvalue weighted by Crippen LogP contribution is 2.21. The van der Waals surface area contributed by atoms with Crippen LogP contribution in [0.25, 0.3) is 0 Å². The standard InChI is InChI=1S/C25H53N5O2/c26-18-10-4-1-2-5-13-21-30-22-14-6-3-9-17-25(29,23(31)15-7-11-19-27)24(32)16-8-12-20-28/h30H,1-22,26-29H2. The van der Waals surface area contributed by atoms with Crippen molar-refractivity contribution in [2.24, 2.45) is 22.9 Å². The van der Waals surface area contributed by atoms with Gasteiger partial charge in [0.2, 0.25) is 0 Å². The van der Waals surface area contributed by atoms with Gasteiger partial charge in [-0.05, 0) is 84.1 Å². The largest absolute Gasteiger partial charge is 0.330 e. The third-order valence-corrected chi connectivity index (χ3v) is 6.19. The molecule has 0 aromatic rings. The van der Waals surface area contributed by atoms with Gasteiger partial charge in [-0.2, -0.15) is 0 Å². The first-order valence-corrected chi connectivity index (χ1v) is 13.2. The Bertz CT molecular complexity index is 438. The zero-order valence-corrected chi connectivity index (χ0v) is 20.7. The Morgan fingerprint density at radius 3 is 1.38 bits per heavy atom. The summed E-state index contributed by atoms with van der Waals surface area (Å²) in [5.41, 5.74) is 21.7. The first-order valence-electron chi connectivity index (χ1n) is 13.2. The normalized spacial score (nSPS) is 11.8. The van der Waals surface area contributed by atoms with Crippen LogP contribution >= 0.6 is 0 Å². The fourth-order valence-corrected chi connectivity index (χ4v) is 3.97. The van der Waals surface area contributed by atoms with Crippen LogP contribution in [0, 0.1) is 0 Å². The van der Waals surface area contributed by atoms with Gasteiger partial charge in [-0.3, -0.25) is 9.59 Å². The molecule has 0 radical (unpaired) electrons. The van der Waals surface area contributed by atoms with Gasteiger partial charge in [0.05, 0.1) is 0 Å². The number of ketones is 2. The van der Waals surface area contributed by atoms with Gasteiger partial charge in [-0.1, -0.05) is 44.9 Å². The van der Waals surface area contributed by atoms with Gasteiger partial charge in [0.1, 0.15) is 5.54 Å². The topological polar surface area (TPSA) is 150 Å². The average molecular weight is 456 g/mol. The molecule has 0 aliphatic carbocycles. The van der Waals surface area contributed by atoms with Crippen molar-refractivity contribution < 1.29 is 9.59 Å². The van der Waals surface area contributed by atoms with Gasteiger partial charge in [0.25, 0.3) is 0 Å². The van der Waals surface area contributed by atoms with Crippen molar-refractivity contribution in [3.8, 4) is 0 Å². The van der Waals surface area contributed by atoms with E-state index in [9.17, 15) is 9.59 Å². The summed E-state index contributed by atoms with van der Waals surface area (Å²) in [5.74, 6) is -0.234. The number of carbonyl (C=O) groups excluding carboxylic acids is 2. The zero-order valence-electron chi connectivity index (χ0n) is 20.7. The van der Waals surface area contributed by atoms with Crippen LogP contribution in [0.2, 0.25) is 0 Å². The number of nitrogens with two attached hydrogens (primary N) is 4. The van der Waals surface area contributed by atoms with E-state index in [1.165, 1.54) is 32.1 Å². The molecule has 0 fully saturated rings. The summed E-state index contributed by atoms with van der Waals surface area (Å²) in [5, 5.41) is 3.52. The Hall–Kier alpha value is -0.860. The lowest BCUT2D eigenvalue weighted by Crippen LogP contribution is -2.54. The molecule has 190 valence electrons. The van der Waals surface area contributed by atoms with Crippen molar-refractivity contribution in [2.45, 2.75) is 115 Å². The minimum Gasteiger partial charge on any atom is -0.330 e. The van der Waals surface area contributed by atoms with Crippen molar-refractivity contribution in [3.63, 3.8) is 0 Å². The van der Waals surface area contributed by atoms with Crippen LogP contribution < -0.4 is 28.3 Å². The fourth-order valence-electron chi connectivity index (χ4n) is 3.97. The molecule has 7 heteroatoms. The molecule has 0 aliphatic rings. The molecule has 0 unspecified atom stereocenters. The van der Waals surface area contributed by atoms with Gasteiger partial charge in [-0.15, -0.1) is 0 Å². The Labute approximate surface area is 197 Å². The van der Waals surface area contributed by atoms with Crippen LogP contribution in [0.1, 0.15) is 109 Å². The van der Waals surface area contributed by atoms with E-state index >= 15 is 0 Å². The molecular formula is C25H53N5O2. The van der Waals surface area contributed by atoms with Crippen LogP contribution in [0.3, 0.4) is 0 Å². The molecule has 0 aromatic carbocycles. The third kappa shape index (κ3) is 15.9. The molecule has 0 saturated carbocycles. The average Bonchev–Trinajstić information content (AvgIpc) is 2.79. The SMILES string of the molecule is NCCCCCCCCNCCCCCCC(N)(C(=O)CCCCN)C(=O)CCCCN. The molecule has 9 N–H and O–H groups in total. The van der Waals surface area contributed by atoms with E-state index in [-0.39, 0.29) is 11.6 Å². The molecule has 0 saturated heterocycles. The van der Waals surface area contributed by atoms with Gasteiger partial charge in [0, 0.05) is 12.8 Å². The fraction of sp³-hybridized carbons (Fsp3) is 0.920. The summed E-state index contributed by atoms with van der Waals surface area (Å²) in [4.78, 5) is 25.5. The maximum atomic E-state index is 12.8. The summed E-state index contributed by atoms with van der Waals surface area (Å²) in [6.07, 6.45) is 15.6. The van der Waals surface area contributed by atoms with Gasteiger partial charge in [0.15, 0.2) is 11.6 Å². The minimum absolute atomic E-state index is 0.117. The molecule has 0 bridgehead atoms. The molecule has 0 aliphatic heterocycles. The van der Waals surface area contributed by atoms with Crippen LogP contribution in [0.4, 0.5) is 0 Å². The molecule has 0 heterocycles. The lowest BCUT2D eigenvalue weighted by atomic mass is 9.80. The lowest BCUT2D eigenvalue weighted by molar-refractivity contribution is -0.135. The third-order valence-electron chi connectivity index (χ3n) is 6.19. The Morgan fingerprint density at radius 2 is 0.906 bits per heavy atom. The monoisotopic (exact) mass is 455 g/mol. The van der Waals surface area contributed by atoms with E-state index in [4.69, 9.17) is 22.9 Å². The number of unbranched alkanes of at least 4 members (excludes halogenated alkanes) is 10. The molecule has 32 heavy (non-hydrogen) atoms. The number of carbonyl (C=O) groups is 2. The molecule has 0 aromatic heterocycles. The summed E-state index contributed by atoms with van der Waals surface area (Å²) in [7, 11) is 0. The van der Waals surface area contributed by atoms with Crippen LogP contribution in [0.5, 0.6) is 0 Å². The van der Waals surface area contributed by atoms with Crippen molar-refractivity contribution in [1.29, 1.82) is 0 Å². The minimum atomic E-state index is -1.33. The Morgan fingerprint density at radius 1 is 0.531 bits per heavy atom. The summed E-state index contributed by atoms with van der Waals surface area (Å²) in [6.45, 7) is 4.02. The molecule has 0 amide bonds. The highest BCUT2D eigenvalue weighted by Gasteiger charge is 2.39. The van der Waals surface area contributed by atoms with Crippen molar-refractivity contribution >= 4 is 11.6 Å². The number of nitrogens with one attached hydrogen (secondary N) is 1. The molecule has 0 atom stereocenters. The van der Waals surface area contributed by atoms with E-state index in [0.29, 0.717) is 45.2 Å². The first kappa shape index (κ1) is 31.1. The van der Waals surface area contributed by atoms with Gasteiger partial charge >= 0.3 is 0 Å². The second-order valence-electron chi connectivity index (χ2n) is 9.13. The van der Waals surface area contributed by atoms with E-state index in [2.05, 4.69) is 5.32 Å². The highest BCUT2D eigenvalue weighted by atomic mass is 16.2. The summed E-state index contributed by atoms with van der Waals surface area (Å²) >= 11 is 0. The van der Waals surface area contributed by atoms with Crippen LogP contribution in [-0.4, -0.2) is 49.8 Å². The predicted octanol–water partition coefficient (Wildman–Crippen LogP) is 2.92. The van der Waals surface area contributed by atoms with Crippen molar-refractivity contribution in [2.75, 3.05) is 32.7 Å². The number of hydrogen-bond acceptors (Lipinski definition) is 7. The van der Waals surface area contributed by atoms with Crippen LogP contribution in [0.15, 0.2) is 0 Å². The molecule has 7 nitrogen and oxygen atoms in total. The van der Waals surface area contributed by atoms with Gasteiger partial charge in [-0.25, -0.2) is 0 Å². The maximum Gasteiger partial charge on any atom is 0.160 e. The highest BCUT2D eigenvalue weighted by molar-refractivity contribution is 6.11. The summed E-state index contributed by atoms with van der Waals surface area (Å²) in [6, 6.07) is 0. The van der Waals surface area contributed by atoms with Crippen molar-refractivity contribution in [1.82, 2.24) is 5.32 Å². The molecule has 0 spiro atoms. The van der Waals surface area contributed by atoms with E-state index in [1.807, 2.05) is 0 Å². The van der Waals surface area contributed by atoms with E-state index < -0.39 is 5.54 Å². The maximum absolute atomic E-state index is 12.8. The zero-order chi connectivity index (χ0) is 23.9. The van der Waals surface area contributed by atoms with Crippen LogP contribution in [-0.2, 0) is 9.59 Å². The predicted molar refractivity (Wildman–Crippen MR) is 135 cm³/mol.